The topological polar surface area (TPSA) is 54.5 Å². The van der Waals surface area contributed by atoms with Crippen molar-refractivity contribution in [3.63, 3.8) is 0 Å². The molecular formula is C18H15Cl2NO3S. The van der Waals surface area contributed by atoms with Gasteiger partial charge in [0, 0.05) is 22.7 Å². The van der Waals surface area contributed by atoms with Gasteiger partial charge in [0.2, 0.25) is 0 Å². The number of nitrogens with zero attached hydrogens (tertiary/aromatic N) is 1. The zero-order chi connectivity index (χ0) is 18.2. The van der Waals surface area contributed by atoms with E-state index in [1.54, 1.807) is 42.5 Å². The molecule has 25 heavy (non-hydrogen) atoms. The van der Waals surface area contributed by atoms with Gasteiger partial charge in [-0.1, -0.05) is 40.9 Å². The number of sulfonamides is 1. The second-order valence-corrected chi connectivity index (χ2v) is 8.44. The Morgan fingerprint density at radius 2 is 1.76 bits per heavy atom. The molecule has 2 aromatic rings. The summed E-state index contributed by atoms with van der Waals surface area (Å²) in [6, 6.07) is 11.4. The van der Waals surface area contributed by atoms with E-state index in [1.165, 1.54) is 4.31 Å². The maximum Gasteiger partial charge on any atom is 0.264 e. The average Bonchev–Trinajstić information content (AvgIpc) is 2.71. The highest BCUT2D eigenvalue weighted by Gasteiger charge is 2.30. The molecule has 0 spiro atoms. The van der Waals surface area contributed by atoms with Crippen LogP contribution in [0.25, 0.3) is 5.03 Å². The molecule has 1 aliphatic heterocycles. The lowest BCUT2D eigenvalue weighted by Gasteiger charge is -2.25. The third kappa shape index (κ3) is 3.32. The van der Waals surface area contributed by atoms with Crippen molar-refractivity contribution >= 4 is 50.2 Å². The number of aldehydes is 1. The molecule has 0 aliphatic carbocycles. The van der Waals surface area contributed by atoms with Crippen LogP contribution in [0.5, 0.6) is 0 Å². The van der Waals surface area contributed by atoms with Gasteiger partial charge in [0.05, 0.1) is 15.6 Å². The standard InChI is InChI=1S/C18H15Cl2NO3S/c1-12-2-5-15(6-3-12)25(23,24)21-9-8-13(11-22)18(20)16-7-4-14(19)10-17(16)21/h2-7,10-11H,8-9H2,1H3. The lowest BCUT2D eigenvalue weighted by Crippen LogP contribution is -2.32. The van der Waals surface area contributed by atoms with Gasteiger partial charge < -0.3 is 0 Å². The molecule has 0 atom stereocenters. The van der Waals surface area contributed by atoms with Gasteiger partial charge in [-0.05, 0) is 43.7 Å². The van der Waals surface area contributed by atoms with Gasteiger partial charge in [0.25, 0.3) is 10.0 Å². The number of halogens is 2. The van der Waals surface area contributed by atoms with Gasteiger partial charge in [-0.25, -0.2) is 8.42 Å². The van der Waals surface area contributed by atoms with Crippen molar-refractivity contribution in [2.45, 2.75) is 18.2 Å². The molecule has 0 N–H and O–H groups in total. The number of hydrogen-bond donors (Lipinski definition) is 0. The number of carbonyl (C=O) groups excluding carboxylic acids is 1. The molecule has 3 rings (SSSR count). The summed E-state index contributed by atoms with van der Waals surface area (Å²) in [7, 11) is -3.81. The third-order valence-electron chi connectivity index (χ3n) is 4.08. The van der Waals surface area contributed by atoms with Crippen molar-refractivity contribution in [1.82, 2.24) is 0 Å². The van der Waals surface area contributed by atoms with E-state index >= 15 is 0 Å². The lowest BCUT2D eigenvalue weighted by atomic mass is 10.1. The largest absolute Gasteiger partial charge is 0.298 e. The highest BCUT2D eigenvalue weighted by Crippen LogP contribution is 2.39. The molecule has 1 heterocycles. The molecule has 1 aliphatic rings. The minimum absolute atomic E-state index is 0.105. The normalized spacial score (nSPS) is 14.9. The Morgan fingerprint density at radius 3 is 2.40 bits per heavy atom. The number of fused-ring (bicyclic) bond motifs is 1. The van der Waals surface area contributed by atoms with Crippen molar-refractivity contribution in [2.75, 3.05) is 10.8 Å². The summed E-state index contributed by atoms with van der Waals surface area (Å²) in [6.07, 6.45) is 0.891. The van der Waals surface area contributed by atoms with Gasteiger partial charge in [-0.3, -0.25) is 9.10 Å². The molecule has 0 unspecified atom stereocenters. The summed E-state index contributed by atoms with van der Waals surface area (Å²) in [5, 5.41) is 0.644. The van der Waals surface area contributed by atoms with Crippen molar-refractivity contribution < 1.29 is 13.2 Å². The SMILES string of the molecule is Cc1ccc(S(=O)(=O)N2CCC(C=O)=C(Cl)c3ccc(Cl)cc32)cc1. The van der Waals surface area contributed by atoms with E-state index in [4.69, 9.17) is 23.2 Å². The number of carbonyl (C=O) groups is 1. The monoisotopic (exact) mass is 395 g/mol. The minimum atomic E-state index is -3.81. The van der Waals surface area contributed by atoms with E-state index in [1.807, 2.05) is 6.92 Å². The van der Waals surface area contributed by atoms with Gasteiger partial charge in [-0.15, -0.1) is 0 Å². The van der Waals surface area contributed by atoms with E-state index in [9.17, 15) is 13.2 Å². The molecule has 7 heteroatoms. The Balaban J connectivity index is 2.19. The Kier molecular flexibility index (Phi) is 4.91. The van der Waals surface area contributed by atoms with Gasteiger partial charge >= 0.3 is 0 Å². The zero-order valence-corrected chi connectivity index (χ0v) is 15.7. The number of anilines is 1. The number of benzene rings is 2. The molecular weight excluding hydrogens is 381 g/mol. The van der Waals surface area contributed by atoms with Crippen molar-refractivity contribution in [2.24, 2.45) is 0 Å². The van der Waals surface area contributed by atoms with E-state index in [0.29, 0.717) is 28.1 Å². The van der Waals surface area contributed by atoms with Crippen LogP contribution >= 0.6 is 23.2 Å². The number of aryl methyl sites for hydroxylation is 1. The molecule has 0 saturated heterocycles. The van der Waals surface area contributed by atoms with Crippen LogP contribution < -0.4 is 4.31 Å². The molecule has 0 bridgehead atoms. The first-order valence-corrected chi connectivity index (χ1v) is 9.77. The van der Waals surface area contributed by atoms with Gasteiger partial charge in [0.1, 0.15) is 6.29 Å². The first kappa shape index (κ1) is 18.0. The van der Waals surface area contributed by atoms with E-state index in [0.717, 1.165) is 5.56 Å². The van der Waals surface area contributed by atoms with Crippen LogP contribution in [-0.2, 0) is 14.8 Å². The Bertz CT molecular complexity index is 966. The Labute approximate surface area is 156 Å². The molecule has 0 radical (unpaired) electrons. The summed E-state index contributed by atoms with van der Waals surface area (Å²) < 4.78 is 27.6. The predicted octanol–water partition coefficient (Wildman–Crippen LogP) is 4.40. The smallest absolute Gasteiger partial charge is 0.264 e. The fourth-order valence-corrected chi connectivity index (χ4v) is 4.66. The summed E-state index contributed by atoms with van der Waals surface area (Å²) in [4.78, 5) is 11.5. The first-order valence-electron chi connectivity index (χ1n) is 7.58. The zero-order valence-electron chi connectivity index (χ0n) is 13.4. The van der Waals surface area contributed by atoms with E-state index in [-0.39, 0.29) is 22.9 Å². The van der Waals surface area contributed by atoms with E-state index < -0.39 is 10.0 Å². The lowest BCUT2D eigenvalue weighted by molar-refractivity contribution is -0.104. The number of hydrogen-bond acceptors (Lipinski definition) is 3. The van der Waals surface area contributed by atoms with Crippen LogP contribution in [-0.4, -0.2) is 21.2 Å². The highest BCUT2D eigenvalue weighted by molar-refractivity contribution is 7.92. The van der Waals surface area contributed by atoms with Crippen LogP contribution in [0.2, 0.25) is 5.02 Å². The molecule has 130 valence electrons. The second-order valence-electron chi connectivity index (χ2n) is 5.76. The van der Waals surface area contributed by atoms with Crippen LogP contribution in [0.4, 0.5) is 5.69 Å². The van der Waals surface area contributed by atoms with Gasteiger partial charge in [-0.2, -0.15) is 0 Å². The molecule has 0 aromatic heterocycles. The molecule has 0 fully saturated rings. The molecule has 2 aromatic carbocycles. The van der Waals surface area contributed by atoms with Crippen LogP contribution in [0.3, 0.4) is 0 Å². The maximum absolute atomic E-state index is 13.2. The fraction of sp³-hybridized carbons (Fsp3) is 0.167. The summed E-state index contributed by atoms with van der Waals surface area (Å²) in [5.41, 5.74) is 2.18. The van der Waals surface area contributed by atoms with Crippen LogP contribution in [0, 0.1) is 6.92 Å². The Hall–Kier alpha value is -1.82. The summed E-state index contributed by atoms with van der Waals surface area (Å²) >= 11 is 12.4. The molecule has 0 amide bonds. The maximum atomic E-state index is 13.2. The summed E-state index contributed by atoms with van der Waals surface area (Å²) in [5.74, 6) is 0. The van der Waals surface area contributed by atoms with Crippen molar-refractivity contribution in [3.8, 4) is 0 Å². The fourth-order valence-electron chi connectivity index (χ4n) is 2.72. The molecule has 0 saturated carbocycles. The quantitative estimate of drug-likeness (QED) is 0.723. The minimum Gasteiger partial charge on any atom is -0.298 e. The Morgan fingerprint density at radius 1 is 1.08 bits per heavy atom. The number of rotatable bonds is 3. The van der Waals surface area contributed by atoms with Gasteiger partial charge in [0.15, 0.2) is 0 Å². The third-order valence-corrected chi connectivity index (χ3v) is 6.59. The highest BCUT2D eigenvalue weighted by atomic mass is 35.5. The second kappa shape index (κ2) is 6.83. The van der Waals surface area contributed by atoms with Crippen LogP contribution in [0.15, 0.2) is 52.9 Å². The van der Waals surface area contributed by atoms with Crippen molar-refractivity contribution in [3.05, 3.63) is 64.2 Å². The van der Waals surface area contributed by atoms with Crippen molar-refractivity contribution in [1.29, 1.82) is 0 Å². The van der Waals surface area contributed by atoms with E-state index in [2.05, 4.69) is 0 Å². The first-order chi connectivity index (χ1) is 11.8. The summed E-state index contributed by atoms with van der Waals surface area (Å²) in [6.45, 7) is 1.99. The molecule has 4 nitrogen and oxygen atoms in total. The predicted molar refractivity (Wildman–Crippen MR) is 101 cm³/mol. The van der Waals surface area contributed by atoms with Crippen LogP contribution in [0.1, 0.15) is 17.5 Å². The average molecular weight is 396 g/mol.